The van der Waals surface area contributed by atoms with Crippen molar-refractivity contribution in [2.75, 3.05) is 31.3 Å². The Balaban J connectivity index is 2.78. The van der Waals surface area contributed by atoms with Crippen molar-refractivity contribution >= 4 is 11.4 Å². The van der Waals surface area contributed by atoms with E-state index in [-0.39, 0.29) is 12.0 Å². The highest BCUT2D eigenvalue weighted by Crippen LogP contribution is 2.29. The van der Waals surface area contributed by atoms with Crippen LogP contribution in [-0.4, -0.2) is 25.4 Å². The van der Waals surface area contributed by atoms with Crippen LogP contribution in [0.1, 0.15) is 26.7 Å². The van der Waals surface area contributed by atoms with Gasteiger partial charge in [-0.3, -0.25) is 0 Å². The Morgan fingerprint density at radius 1 is 1.33 bits per heavy atom. The van der Waals surface area contributed by atoms with Crippen LogP contribution in [0.2, 0.25) is 0 Å². The molecule has 0 bridgehead atoms. The summed E-state index contributed by atoms with van der Waals surface area (Å²) in [6.45, 7) is 5.07. The molecule has 1 aromatic carbocycles. The van der Waals surface area contributed by atoms with Gasteiger partial charge in [-0.2, -0.15) is 0 Å². The first-order valence-corrected chi connectivity index (χ1v) is 6.39. The lowest BCUT2D eigenvalue weighted by molar-refractivity contribution is 0.127. The van der Waals surface area contributed by atoms with E-state index < -0.39 is 0 Å². The van der Waals surface area contributed by atoms with Gasteiger partial charge in [-0.25, -0.2) is 0 Å². The number of rotatable bonds is 7. The number of aliphatic hydroxyl groups excluding tert-OH is 1. The Hall–Kier alpha value is -1.42. The Morgan fingerprint density at radius 2 is 2.00 bits per heavy atom. The summed E-state index contributed by atoms with van der Waals surface area (Å²) in [5.41, 5.74) is 7.37. The first kappa shape index (κ1) is 14.6. The van der Waals surface area contributed by atoms with E-state index in [1.807, 2.05) is 18.2 Å². The van der Waals surface area contributed by atoms with Crippen LogP contribution in [0.25, 0.3) is 0 Å². The SMILES string of the molecule is CCC(CC)(CO)CNc1cc(OC)ccc1N. The standard InChI is InChI=1S/C14H24N2O2/c1-4-14(5-2,10-17)9-16-13-8-11(18-3)6-7-12(13)15/h6-8,16-17H,4-5,9-10,15H2,1-3H3. The van der Waals surface area contributed by atoms with Crippen LogP contribution in [0.3, 0.4) is 0 Å². The van der Waals surface area contributed by atoms with E-state index in [1.165, 1.54) is 0 Å². The van der Waals surface area contributed by atoms with Crippen molar-refractivity contribution in [3.63, 3.8) is 0 Å². The molecule has 0 saturated carbocycles. The molecule has 0 spiro atoms. The average Bonchev–Trinajstić information content (AvgIpc) is 2.42. The number of methoxy groups -OCH3 is 1. The van der Waals surface area contributed by atoms with Crippen molar-refractivity contribution in [1.82, 2.24) is 0 Å². The number of benzene rings is 1. The van der Waals surface area contributed by atoms with Gasteiger partial charge in [0.15, 0.2) is 0 Å². The molecule has 0 aromatic heterocycles. The largest absolute Gasteiger partial charge is 0.497 e. The third-order valence-corrected chi connectivity index (χ3v) is 3.75. The predicted molar refractivity (Wildman–Crippen MR) is 76.0 cm³/mol. The molecule has 4 nitrogen and oxygen atoms in total. The van der Waals surface area contributed by atoms with E-state index in [0.717, 1.165) is 24.3 Å². The summed E-state index contributed by atoms with van der Waals surface area (Å²) in [5.74, 6) is 0.772. The number of ether oxygens (including phenoxy) is 1. The predicted octanol–water partition coefficient (Wildman–Crippen LogP) is 2.49. The van der Waals surface area contributed by atoms with Crippen molar-refractivity contribution in [3.8, 4) is 5.75 Å². The molecule has 1 rings (SSSR count). The van der Waals surface area contributed by atoms with E-state index in [0.29, 0.717) is 12.2 Å². The summed E-state index contributed by atoms with van der Waals surface area (Å²) in [5, 5.41) is 12.8. The summed E-state index contributed by atoms with van der Waals surface area (Å²) >= 11 is 0. The van der Waals surface area contributed by atoms with Gasteiger partial charge in [0.05, 0.1) is 25.1 Å². The monoisotopic (exact) mass is 252 g/mol. The fourth-order valence-electron chi connectivity index (χ4n) is 1.88. The van der Waals surface area contributed by atoms with E-state index in [2.05, 4.69) is 19.2 Å². The number of nitrogen functional groups attached to an aromatic ring is 1. The molecule has 0 atom stereocenters. The van der Waals surface area contributed by atoms with Crippen molar-refractivity contribution in [2.24, 2.45) is 5.41 Å². The van der Waals surface area contributed by atoms with Crippen LogP contribution in [0.5, 0.6) is 5.75 Å². The van der Waals surface area contributed by atoms with Crippen LogP contribution in [0.4, 0.5) is 11.4 Å². The first-order valence-electron chi connectivity index (χ1n) is 6.39. The molecule has 1 aromatic rings. The van der Waals surface area contributed by atoms with E-state index >= 15 is 0 Å². The van der Waals surface area contributed by atoms with Crippen LogP contribution >= 0.6 is 0 Å². The molecule has 0 fully saturated rings. The third-order valence-electron chi connectivity index (χ3n) is 3.75. The number of nitrogens with two attached hydrogens (primary N) is 1. The van der Waals surface area contributed by atoms with Gasteiger partial charge < -0.3 is 20.9 Å². The molecule has 4 heteroatoms. The number of nitrogens with one attached hydrogen (secondary N) is 1. The maximum absolute atomic E-state index is 9.53. The van der Waals surface area contributed by atoms with Crippen LogP contribution in [0, 0.1) is 5.41 Å². The normalized spacial score (nSPS) is 11.3. The second kappa shape index (κ2) is 6.50. The summed E-state index contributed by atoms with van der Waals surface area (Å²) in [6.07, 6.45) is 1.85. The fourth-order valence-corrected chi connectivity index (χ4v) is 1.88. The summed E-state index contributed by atoms with van der Waals surface area (Å²) < 4.78 is 5.18. The van der Waals surface area contributed by atoms with E-state index in [4.69, 9.17) is 10.5 Å². The molecule has 0 heterocycles. The highest BCUT2D eigenvalue weighted by atomic mass is 16.5. The van der Waals surface area contributed by atoms with Gasteiger partial charge in [0, 0.05) is 18.0 Å². The Bertz CT molecular complexity index is 368. The molecule has 18 heavy (non-hydrogen) atoms. The Labute approximate surface area is 109 Å². The Morgan fingerprint density at radius 3 is 2.50 bits per heavy atom. The van der Waals surface area contributed by atoms with Gasteiger partial charge in [0.2, 0.25) is 0 Å². The molecular weight excluding hydrogens is 228 g/mol. The van der Waals surface area contributed by atoms with Crippen molar-refractivity contribution in [2.45, 2.75) is 26.7 Å². The van der Waals surface area contributed by atoms with Gasteiger partial charge in [0.1, 0.15) is 5.75 Å². The topological polar surface area (TPSA) is 67.5 Å². The van der Waals surface area contributed by atoms with Crippen LogP contribution < -0.4 is 15.8 Å². The summed E-state index contributed by atoms with van der Waals surface area (Å²) in [7, 11) is 1.63. The van der Waals surface area contributed by atoms with Crippen molar-refractivity contribution in [1.29, 1.82) is 0 Å². The average molecular weight is 252 g/mol. The molecule has 4 N–H and O–H groups in total. The highest BCUT2D eigenvalue weighted by Gasteiger charge is 2.25. The number of anilines is 2. The lowest BCUT2D eigenvalue weighted by Crippen LogP contribution is -2.32. The summed E-state index contributed by atoms with van der Waals surface area (Å²) in [4.78, 5) is 0. The lowest BCUT2D eigenvalue weighted by Gasteiger charge is -2.30. The van der Waals surface area contributed by atoms with Crippen LogP contribution in [0.15, 0.2) is 18.2 Å². The molecule has 0 unspecified atom stereocenters. The highest BCUT2D eigenvalue weighted by molar-refractivity contribution is 5.68. The molecule has 0 aliphatic rings. The molecule has 0 aliphatic heterocycles. The maximum Gasteiger partial charge on any atom is 0.121 e. The van der Waals surface area contributed by atoms with Crippen molar-refractivity contribution < 1.29 is 9.84 Å². The van der Waals surface area contributed by atoms with E-state index in [1.54, 1.807) is 7.11 Å². The van der Waals surface area contributed by atoms with Gasteiger partial charge in [-0.1, -0.05) is 13.8 Å². The fraction of sp³-hybridized carbons (Fsp3) is 0.571. The molecule has 0 radical (unpaired) electrons. The van der Waals surface area contributed by atoms with E-state index in [9.17, 15) is 5.11 Å². The lowest BCUT2D eigenvalue weighted by atomic mass is 9.83. The molecular formula is C14H24N2O2. The quantitative estimate of drug-likeness (QED) is 0.652. The minimum absolute atomic E-state index is 0.0878. The molecule has 0 aliphatic carbocycles. The van der Waals surface area contributed by atoms with Crippen LogP contribution in [-0.2, 0) is 0 Å². The molecule has 0 saturated heterocycles. The van der Waals surface area contributed by atoms with Crippen molar-refractivity contribution in [3.05, 3.63) is 18.2 Å². The zero-order chi connectivity index (χ0) is 13.6. The number of hydrogen-bond donors (Lipinski definition) is 3. The number of aliphatic hydroxyl groups is 1. The second-order valence-electron chi connectivity index (χ2n) is 4.67. The second-order valence-corrected chi connectivity index (χ2v) is 4.67. The number of hydrogen-bond acceptors (Lipinski definition) is 4. The zero-order valence-corrected chi connectivity index (χ0v) is 11.5. The first-order chi connectivity index (χ1) is 8.60. The van der Waals surface area contributed by atoms with Gasteiger partial charge in [-0.05, 0) is 25.0 Å². The molecule has 102 valence electrons. The Kier molecular flexibility index (Phi) is 5.28. The van der Waals surface area contributed by atoms with Gasteiger partial charge in [-0.15, -0.1) is 0 Å². The van der Waals surface area contributed by atoms with Gasteiger partial charge >= 0.3 is 0 Å². The molecule has 0 amide bonds. The zero-order valence-electron chi connectivity index (χ0n) is 11.5. The summed E-state index contributed by atoms with van der Waals surface area (Å²) in [6, 6.07) is 5.53. The maximum atomic E-state index is 9.53. The third kappa shape index (κ3) is 3.29. The minimum Gasteiger partial charge on any atom is -0.497 e. The van der Waals surface area contributed by atoms with Gasteiger partial charge in [0.25, 0.3) is 0 Å². The smallest absolute Gasteiger partial charge is 0.121 e. The minimum atomic E-state index is -0.0878.